The van der Waals surface area contributed by atoms with Crippen molar-refractivity contribution in [3.8, 4) is 11.8 Å². The Morgan fingerprint density at radius 3 is 3.23 bits per heavy atom. The lowest BCUT2D eigenvalue weighted by atomic mass is 10.3. The predicted molar refractivity (Wildman–Crippen MR) is 44.6 cm³/mol. The van der Waals surface area contributed by atoms with Crippen molar-refractivity contribution in [1.29, 1.82) is 0 Å². The summed E-state index contributed by atoms with van der Waals surface area (Å²) >= 11 is 0. The predicted octanol–water partition coefficient (Wildman–Crippen LogP) is 0.979. The Morgan fingerprint density at radius 1 is 1.77 bits per heavy atom. The Morgan fingerprint density at radius 2 is 2.62 bits per heavy atom. The first-order valence-electron chi connectivity index (χ1n) is 3.86. The molecule has 0 fully saturated rings. The maximum atomic E-state index is 10.8. The van der Waals surface area contributed by atoms with E-state index in [1.54, 1.807) is 6.92 Å². The van der Waals surface area contributed by atoms with Gasteiger partial charge in [0.1, 0.15) is 12.7 Å². The third-order valence-corrected chi connectivity index (χ3v) is 1.20. The molecule has 0 bridgehead atoms. The minimum absolute atomic E-state index is 0.0962. The molecule has 0 atom stereocenters. The number of hydrogen-bond donors (Lipinski definition) is 0. The smallest absolute Gasteiger partial charge is 0.317 e. The van der Waals surface area contributed by atoms with Crippen molar-refractivity contribution in [1.82, 2.24) is 5.16 Å². The lowest BCUT2D eigenvalue weighted by Crippen LogP contribution is -2.01. The summed E-state index contributed by atoms with van der Waals surface area (Å²) in [5.41, 5.74) is 0.657. The fourth-order valence-electron chi connectivity index (χ4n) is 0.697. The van der Waals surface area contributed by atoms with Crippen molar-refractivity contribution in [3.05, 3.63) is 18.0 Å². The molecule has 0 aliphatic rings. The SMILES string of the molecule is CCOC(=O)CC#Cc1cnoc1. The Bertz CT molecular complexity index is 318. The molecule has 1 aromatic rings. The number of aromatic nitrogens is 1. The summed E-state index contributed by atoms with van der Waals surface area (Å²) in [5, 5.41) is 3.46. The maximum absolute atomic E-state index is 10.8. The highest BCUT2D eigenvalue weighted by Gasteiger charge is 1.96. The van der Waals surface area contributed by atoms with Crippen LogP contribution in [0.3, 0.4) is 0 Å². The number of esters is 1. The first-order valence-corrected chi connectivity index (χ1v) is 3.86. The quantitative estimate of drug-likeness (QED) is 0.501. The zero-order valence-electron chi connectivity index (χ0n) is 7.24. The zero-order valence-corrected chi connectivity index (χ0v) is 7.24. The zero-order chi connectivity index (χ0) is 9.52. The highest BCUT2D eigenvalue weighted by atomic mass is 16.5. The van der Waals surface area contributed by atoms with E-state index in [1.807, 2.05) is 0 Å². The molecule has 0 aliphatic heterocycles. The Balaban J connectivity index is 2.37. The molecule has 68 valence electrons. The second-order valence-electron chi connectivity index (χ2n) is 2.20. The molecule has 0 aliphatic carbocycles. The number of hydrogen-bond acceptors (Lipinski definition) is 4. The van der Waals surface area contributed by atoms with Crippen molar-refractivity contribution in [3.63, 3.8) is 0 Å². The van der Waals surface area contributed by atoms with Crippen LogP contribution in [-0.4, -0.2) is 17.7 Å². The summed E-state index contributed by atoms with van der Waals surface area (Å²) in [5.74, 6) is 5.04. The minimum Gasteiger partial charge on any atom is -0.465 e. The van der Waals surface area contributed by atoms with Gasteiger partial charge in [-0.3, -0.25) is 4.79 Å². The van der Waals surface area contributed by atoms with Gasteiger partial charge in [0.25, 0.3) is 0 Å². The molecule has 0 amide bonds. The molecule has 0 N–H and O–H groups in total. The lowest BCUT2D eigenvalue weighted by molar-refractivity contribution is -0.141. The van der Waals surface area contributed by atoms with Crippen LogP contribution in [0.5, 0.6) is 0 Å². The molecule has 0 radical (unpaired) electrons. The van der Waals surface area contributed by atoms with Crippen LogP contribution in [0.25, 0.3) is 0 Å². The van der Waals surface area contributed by atoms with E-state index in [-0.39, 0.29) is 12.4 Å². The Kier molecular flexibility index (Phi) is 3.58. The van der Waals surface area contributed by atoms with E-state index < -0.39 is 0 Å². The largest absolute Gasteiger partial charge is 0.465 e. The summed E-state index contributed by atoms with van der Waals surface area (Å²) in [4.78, 5) is 10.8. The van der Waals surface area contributed by atoms with E-state index in [9.17, 15) is 4.79 Å². The molecule has 4 nitrogen and oxygen atoms in total. The van der Waals surface area contributed by atoms with E-state index in [2.05, 4.69) is 26.3 Å². The molecule has 0 spiro atoms. The third kappa shape index (κ3) is 3.43. The first kappa shape index (κ1) is 9.33. The number of ether oxygens (including phenoxy) is 1. The fourth-order valence-corrected chi connectivity index (χ4v) is 0.697. The normalized spacial score (nSPS) is 8.69. The number of carbonyl (C=O) groups is 1. The molecule has 1 heterocycles. The molecular formula is C9H9NO3. The monoisotopic (exact) mass is 179 g/mol. The summed E-state index contributed by atoms with van der Waals surface area (Å²) in [6.07, 6.45) is 3.00. The number of rotatable bonds is 2. The van der Waals surface area contributed by atoms with Crippen LogP contribution in [0.15, 0.2) is 17.0 Å². The van der Waals surface area contributed by atoms with Crippen molar-refractivity contribution >= 4 is 5.97 Å². The van der Waals surface area contributed by atoms with Gasteiger partial charge >= 0.3 is 5.97 Å². The van der Waals surface area contributed by atoms with Crippen LogP contribution in [0.4, 0.5) is 0 Å². The molecule has 1 rings (SSSR count). The van der Waals surface area contributed by atoms with Crippen molar-refractivity contribution in [2.75, 3.05) is 6.61 Å². The van der Waals surface area contributed by atoms with Gasteiger partial charge in [0.15, 0.2) is 0 Å². The van der Waals surface area contributed by atoms with Crippen molar-refractivity contribution in [2.24, 2.45) is 0 Å². The van der Waals surface area contributed by atoms with E-state index >= 15 is 0 Å². The van der Waals surface area contributed by atoms with Gasteiger partial charge in [-0.1, -0.05) is 17.0 Å². The summed E-state index contributed by atoms with van der Waals surface area (Å²) in [6, 6.07) is 0. The van der Waals surface area contributed by atoms with Gasteiger partial charge in [0.2, 0.25) is 0 Å². The average molecular weight is 179 g/mol. The van der Waals surface area contributed by atoms with Gasteiger partial charge < -0.3 is 9.26 Å². The summed E-state index contributed by atoms with van der Waals surface area (Å²) < 4.78 is 9.23. The second-order valence-corrected chi connectivity index (χ2v) is 2.20. The first-order chi connectivity index (χ1) is 6.33. The molecule has 0 unspecified atom stereocenters. The van der Waals surface area contributed by atoms with Crippen LogP contribution < -0.4 is 0 Å². The molecule has 1 aromatic heterocycles. The third-order valence-electron chi connectivity index (χ3n) is 1.20. The van der Waals surface area contributed by atoms with Crippen LogP contribution in [0.1, 0.15) is 18.9 Å². The molecule has 13 heavy (non-hydrogen) atoms. The number of nitrogens with zero attached hydrogens (tertiary/aromatic N) is 1. The fraction of sp³-hybridized carbons (Fsp3) is 0.333. The van der Waals surface area contributed by atoms with Gasteiger partial charge in [-0.05, 0) is 6.92 Å². The topological polar surface area (TPSA) is 52.3 Å². The van der Waals surface area contributed by atoms with Crippen LogP contribution >= 0.6 is 0 Å². The van der Waals surface area contributed by atoms with Gasteiger partial charge in [0.05, 0.1) is 18.4 Å². The van der Waals surface area contributed by atoms with Crippen molar-refractivity contribution < 1.29 is 14.1 Å². The van der Waals surface area contributed by atoms with Gasteiger partial charge in [-0.15, -0.1) is 0 Å². The molecule has 4 heteroatoms. The number of carbonyl (C=O) groups excluding carboxylic acids is 1. The summed E-state index contributed by atoms with van der Waals surface area (Å²) in [7, 11) is 0. The molecule has 0 saturated heterocycles. The molecule has 0 saturated carbocycles. The minimum atomic E-state index is -0.313. The molecular weight excluding hydrogens is 170 g/mol. The van der Waals surface area contributed by atoms with Gasteiger partial charge in [0, 0.05) is 0 Å². The lowest BCUT2D eigenvalue weighted by Gasteiger charge is -1.94. The van der Waals surface area contributed by atoms with Crippen LogP contribution in [0.2, 0.25) is 0 Å². The van der Waals surface area contributed by atoms with Crippen LogP contribution in [0, 0.1) is 11.8 Å². The highest BCUT2D eigenvalue weighted by Crippen LogP contribution is 1.92. The maximum Gasteiger partial charge on any atom is 0.317 e. The van der Waals surface area contributed by atoms with Gasteiger partial charge in [-0.2, -0.15) is 0 Å². The van der Waals surface area contributed by atoms with E-state index in [1.165, 1.54) is 12.5 Å². The average Bonchev–Trinajstić information content (AvgIpc) is 2.57. The second kappa shape index (κ2) is 4.99. The molecule has 0 aromatic carbocycles. The highest BCUT2D eigenvalue weighted by molar-refractivity contribution is 5.72. The Hall–Kier alpha value is -1.76. The van der Waals surface area contributed by atoms with E-state index in [4.69, 9.17) is 0 Å². The van der Waals surface area contributed by atoms with Crippen LogP contribution in [-0.2, 0) is 9.53 Å². The van der Waals surface area contributed by atoms with Crippen molar-refractivity contribution in [2.45, 2.75) is 13.3 Å². The Labute approximate surface area is 75.9 Å². The van der Waals surface area contributed by atoms with E-state index in [0.29, 0.717) is 12.2 Å². The van der Waals surface area contributed by atoms with E-state index in [0.717, 1.165) is 0 Å². The van der Waals surface area contributed by atoms with Gasteiger partial charge in [-0.25, -0.2) is 0 Å². The standard InChI is InChI=1S/C9H9NO3/c1-2-12-9(11)5-3-4-8-6-10-13-7-8/h6-7H,2,5H2,1H3. The summed E-state index contributed by atoms with van der Waals surface area (Å²) in [6.45, 7) is 2.14.